The van der Waals surface area contributed by atoms with Gasteiger partial charge in [0.05, 0.1) is 0 Å². The summed E-state index contributed by atoms with van der Waals surface area (Å²) in [5.74, 6) is 0.701. The van der Waals surface area contributed by atoms with Gasteiger partial charge in [0.15, 0.2) is 0 Å². The Morgan fingerprint density at radius 2 is 2.00 bits per heavy atom. The van der Waals surface area contributed by atoms with Gasteiger partial charge in [0.2, 0.25) is 0 Å². The molecule has 0 radical (unpaired) electrons. The summed E-state index contributed by atoms with van der Waals surface area (Å²) < 4.78 is 0. The third-order valence-corrected chi connectivity index (χ3v) is 5.39. The number of urea groups is 1. The normalized spacial score (nSPS) is 28.9. The van der Waals surface area contributed by atoms with E-state index in [-0.39, 0.29) is 6.03 Å². The number of hydrogen-bond donors (Lipinski definition) is 1. The molecule has 2 saturated heterocycles. The number of allylic oxidation sites excluding steroid dienone is 1. The first-order valence-corrected chi connectivity index (χ1v) is 9.07. The molecule has 124 valence electrons. The van der Waals surface area contributed by atoms with Crippen molar-refractivity contribution in [2.75, 3.05) is 26.2 Å². The number of nitrogens with one attached hydrogen (secondary N) is 1. The van der Waals surface area contributed by atoms with E-state index >= 15 is 0 Å². The molecular formula is C18H31N3O. The second-order valence-corrected chi connectivity index (χ2v) is 7.48. The quantitative estimate of drug-likeness (QED) is 0.640. The summed E-state index contributed by atoms with van der Waals surface area (Å²) in [5, 5.41) is 3.08. The average molecular weight is 305 g/mol. The van der Waals surface area contributed by atoms with Crippen LogP contribution in [0, 0.1) is 5.92 Å². The van der Waals surface area contributed by atoms with Gasteiger partial charge in [-0.3, -0.25) is 4.90 Å². The second kappa shape index (κ2) is 7.03. The molecule has 0 aromatic rings. The minimum absolute atomic E-state index is 0.143. The molecule has 2 atom stereocenters. The molecule has 2 aliphatic heterocycles. The van der Waals surface area contributed by atoms with Crippen molar-refractivity contribution < 1.29 is 4.79 Å². The van der Waals surface area contributed by atoms with Crippen LogP contribution in [-0.4, -0.2) is 54.1 Å². The Kier molecular flexibility index (Phi) is 5.07. The third-order valence-electron chi connectivity index (χ3n) is 5.39. The number of carbonyl (C=O) groups is 1. The summed E-state index contributed by atoms with van der Waals surface area (Å²) in [4.78, 5) is 17.1. The highest BCUT2D eigenvalue weighted by molar-refractivity contribution is 5.74. The maximum Gasteiger partial charge on any atom is 0.317 e. The molecule has 1 N–H and O–H groups in total. The summed E-state index contributed by atoms with van der Waals surface area (Å²) in [7, 11) is 0. The lowest BCUT2D eigenvalue weighted by Gasteiger charge is -2.47. The van der Waals surface area contributed by atoms with E-state index in [9.17, 15) is 4.79 Å². The summed E-state index contributed by atoms with van der Waals surface area (Å²) >= 11 is 0. The Labute approximate surface area is 134 Å². The van der Waals surface area contributed by atoms with Gasteiger partial charge < -0.3 is 10.2 Å². The predicted octanol–water partition coefficient (Wildman–Crippen LogP) is 3.00. The largest absolute Gasteiger partial charge is 0.338 e. The van der Waals surface area contributed by atoms with Crippen molar-refractivity contribution >= 4 is 6.03 Å². The van der Waals surface area contributed by atoms with Gasteiger partial charge in [0.25, 0.3) is 0 Å². The van der Waals surface area contributed by atoms with Crippen LogP contribution in [0.2, 0.25) is 0 Å². The summed E-state index contributed by atoms with van der Waals surface area (Å²) in [6, 6.07) is 1.76. The Morgan fingerprint density at radius 3 is 2.73 bits per heavy atom. The van der Waals surface area contributed by atoms with Gasteiger partial charge in [-0.05, 0) is 64.8 Å². The molecular weight excluding hydrogens is 274 g/mol. The highest BCUT2D eigenvalue weighted by atomic mass is 16.2. The minimum Gasteiger partial charge on any atom is -0.338 e. The summed E-state index contributed by atoms with van der Waals surface area (Å²) in [6.07, 6.45) is 9.70. The lowest BCUT2D eigenvalue weighted by atomic mass is 9.84. The molecule has 1 aliphatic carbocycles. The highest BCUT2D eigenvalue weighted by Crippen LogP contribution is 2.38. The molecule has 1 saturated carbocycles. The fourth-order valence-corrected chi connectivity index (χ4v) is 4.14. The first-order valence-electron chi connectivity index (χ1n) is 9.07. The first kappa shape index (κ1) is 15.9. The van der Waals surface area contributed by atoms with E-state index in [1.165, 1.54) is 44.2 Å². The van der Waals surface area contributed by atoms with Crippen molar-refractivity contribution in [1.82, 2.24) is 15.1 Å². The Bertz CT molecular complexity index is 426. The van der Waals surface area contributed by atoms with Gasteiger partial charge in [0.1, 0.15) is 0 Å². The van der Waals surface area contributed by atoms with Crippen LogP contribution in [0.4, 0.5) is 4.79 Å². The average Bonchev–Trinajstić information content (AvgIpc) is 3.34. The van der Waals surface area contributed by atoms with Crippen LogP contribution < -0.4 is 5.32 Å². The zero-order chi connectivity index (χ0) is 15.5. The molecule has 3 aliphatic rings. The summed E-state index contributed by atoms with van der Waals surface area (Å²) in [6.45, 7) is 8.13. The van der Waals surface area contributed by atoms with Gasteiger partial charge in [0, 0.05) is 31.7 Å². The zero-order valence-corrected chi connectivity index (χ0v) is 14.2. The first-order chi connectivity index (χ1) is 10.6. The van der Waals surface area contributed by atoms with Crippen LogP contribution in [-0.2, 0) is 0 Å². The van der Waals surface area contributed by atoms with Gasteiger partial charge in [-0.2, -0.15) is 0 Å². The predicted molar refractivity (Wildman–Crippen MR) is 89.9 cm³/mol. The zero-order valence-electron chi connectivity index (χ0n) is 14.2. The molecule has 4 nitrogen and oxygen atoms in total. The van der Waals surface area contributed by atoms with Crippen LogP contribution in [0.15, 0.2) is 11.6 Å². The fraction of sp³-hybridized carbons (Fsp3) is 0.833. The number of fused-ring (bicyclic) bond motifs is 1. The standard InChI is InChI=1S/C18H31N3O/c1-14(2)5-3-10-19-18(22)20-12-9-17-15(13-20)6-4-11-21(17)16-7-8-16/h5,15-17H,3-4,6-13H2,1-2H3,(H,19,22). The van der Waals surface area contributed by atoms with Crippen LogP contribution in [0.5, 0.6) is 0 Å². The number of piperidine rings is 2. The molecule has 0 aromatic carbocycles. The molecule has 0 spiro atoms. The van der Waals surface area contributed by atoms with E-state index in [0.717, 1.165) is 38.1 Å². The fourth-order valence-electron chi connectivity index (χ4n) is 4.14. The Balaban J connectivity index is 1.46. The minimum atomic E-state index is 0.143. The number of nitrogens with zero attached hydrogens (tertiary/aromatic N) is 2. The Morgan fingerprint density at radius 1 is 1.18 bits per heavy atom. The molecule has 4 heteroatoms. The number of carbonyl (C=O) groups excluding carboxylic acids is 1. The highest BCUT2D eigenvalue weighted by Gasteiger charge is 2.42. The van der Waals surface area contributed by atoms with E-state index in [4.69, 9.17) is 0 Å². The third kappa shape index (κ3) is 3.83. The molecule has 22 heavy (non-hydrogen) atoms. The molecule has 2 heterocycles. The van der Waals surface area contributed by atoms with E-state index in [2.05, 4.69) is 35.0 Å². The molecule has 2 unspecified atom stereocenters. The smallest absolute Gasteiger partial charge is 0.317 e. The molecule has 3 rings (SSSR count). The molecule has 2 amide bonds. The van der Waals surface area contributed by atoms with E-state index < -0.39 is 0 Å². The van der Waals surface area contributed by atoms with Gasteiger partial charge in [-0.25, -0.2) is 4.79 Å². The topological polar surface area (TPSA) is 35.6 Å². The lowest BCUT2D eigenvalue weighted by Crippen LogP contribution is -2.57. The maximum absolute atomic E-state index is 12.3. The van der Waals surface area contributed by atoms with Crippen LogP contribution in [0.25, 0.3) is 0 Å². The maximum atomic E-state index is 12.3. The van der Waals surface area contributed by atoms with Crippen molar-refractivity contribution in [2.24, 2.45) is 5.92 Å². The second-order valence-electron chi connectivity index (χ2n) is 7.48. The van der Waals surface area contributed by atoms with Crippen molar-refractivity contribution in [1.29, 1.82) is 0 Å². The van der Waals surface area contributed by atoms with E-state index in [1.807, 2.05) is 0 Å². The number of likely N-dealkylation sites (tertiary alicyclic amines) is 2. The lowest BCUT2D eigenvalue weighted by molar-refractivity contribution is 0.0296. The Hall–Kier alpha value is -1.03. The molecule has 0 bridgehead atoms. The van der Waals surface area contributed by atoms with E-state index in [1.54, 1.807) is 0 Å². The van der Waals surface area contributed by atoms with Crippen molar-refractivity contribution in [3.05, 3.63) is 11.6 Å². The molecule has 3 fully saturated rings. The van der Waals surface area contributed by atoms with Crippen molar-refractivity contribution in [3.8, 4) is 0 Å². The number of hydrogen-bond acceptors (Lipinski definition) is 2. The van der Waals surface area contributed by atoms with Gasteiger partial charge in [-0.15, -0.1) is 0 Å². The van der Waals surface area contributed by atoms with Gasteiger partial charge >= 0.3 is 6.03 Å². The van der Waals surface area contributed by atoms with Crippen molar-refractivity contribution in [3.63, 3.8) is 0 Å². The SMILES string of the molecule is CC(C)=CCCNC(=O)N1CCC2C(CCCN2C2CC2)C1. The number of rotatable bonds is 4. The van der Waals surface area contributed by atoms with E-state index in [0.29, 0.717) is 5.92 Å². The monoisotopic (exact) mass is 305 g/mol. The van der Waals surface area contributed by atoms with Crippen LogP contribution >= 0.6 is 0 Å². The number of amides is 2. The summed E-state index contributed by atoms with van der Waals surface area (Å²) in [5.41, 5.74) is 1.32. The van der Waals surface area contributed by atoms with Crippen LogP contribution in [0.1, 0.15) is 52.4 Å². The van der Waals surface area contributed by atoms with Crippen LogP contribution in [0.3, 0.4) is 0 Å². The molecule has 0 aromatic heterocycles. The van der Waals surface area contributed by atoms with Gasteiger partial charge in [-0.1, -0.05) is 11.6 Å². The van der Waals surface area contributed by atoms with Crippen molar-refractivity contribution in [2.45, 2.75) is 64.5 Å².